The summed E-state index contributed by atoms with van der Waals surface area (Å²) in [5.74, 6) is -0.639. The molecule has 0 bridgehead atoms. The van der Waals surface area contributed by atoms with Gasteiger partial charge in [0, 0.05) is 12.1 Å². The van der Waals surface area contributed by atoms with Crippen LogP contribution in [0.15, 0.2) is 24.3 Å². The van der Waals surface area contributed by atoms with E-state index >= 15 is 0 Å². The predicted molar refractivity (Wildman–Crippen MR) is 62.8 cm³/mol. The van der Waals surface area contributed by atoms with Gasteiger partial charge in [-0.15, -0.1) is 0 Å². The van der Waals surface area contributed by atoms with Crippen molar-refractivity contribution >= 4 is 11.7 Å². The first-order valence-corrected chi connectivity index (χ1v) is 5.51. The van der Waals surface area contributed by atoms with Crippen molar-refractivity contribution in [1.82, 2.24) is 0 Å². The van der Waals surface area contributed by atoms with Crippen molar-refractivity contribution in [2.45, 2.75) is 26.2 Å². The van der Waals surface area contributed by atoms with Gasteiger partial charge in [0.2, 0.25) is 0 Å². The Hall–Kier alpha value is -1.91. The van der Waals surface area contributed by atoms with Crippen molar-refractivity contribution in [3.8, 4) is 0 Å². The van der Waals surface area contributed by atoms with E-state index in [0.717, 1.165) is 5.56 Å². The summed E-state index contributed by atoms with van der Waals surface area (Å²) in [6.45, 7) is 3.96. The number of nitro benzene ring substituents is 1. The van der Waals surface area contributed by atoms with E-state index in [0.29, 0.717) is 13.0 Å². The summed E-state index contributed by atoms with van der Waals surface area (Å²) in [6, 6.07) is 6.00. The number of esters is 1. The molecule has 1 unspecified atom stereocenters. The van der Waals surface area contributed by atoms with Crippen LogP contribution in [0, 0.1) is 10.1 Å². The molecule has 0 aliphatic heterocycles. The van der Waals surface area contributed by atoms with Crippen molar-refractivity contribution in [1.29, 1.82) is 0 Å². The number of nitro groups is 1. The zero-order valence-corrected chi connectivity index (χ0v) is 9.88. The highest BCUT2D eigenvalue weighted by Crippen LogP contribution is 2.23. The third kappa shape index (κ3) is 3.27. The maximum atomic E-state index is 11.6. The van der Waals surface area contributed by atoms with Gasteiger partial charge in [0.1, 0.15) is 0 Å². The minimum Gasteiger partial charge on any atom is -0.466 e. The van der Waals surface area contributed by atoms with Crippen LogP contribution in [0.25, 0.3) is 0 Å². The van der Waals surface area contributed by atoms with E-state index < -0.39 is 4.92 Å². The summed E-state index contributed by atoms with van der Waals surface area (Å²) in [5, 5.41) is 10.5. The van der Waals surface area contributed by atoms with Crippen LogP contribution in [-0.4, -0.2) is 17.5 Å². The van der Waals surface area contributed by atoms with E-state index in [1.807, 2.05) is 6.92 Å². The molecule has 0 saturated heterocycles. The van der Waals surface area contributed by atoms with E-state index in [1.165, 1.54) is 12.1 Å². The molecule has 0 heterocycles. The van der Waals surface area contributed by atoms with Gasteiger partial charge in [-0.05, 0) is 18.9 Å². The lowest BCUT2D eigenvalue weighted by molar-refractivity contribution is -0.384. The van der Waals surface area contributed by atoms with E-state index in [-0.39, 0.29) is 17.6 Å². The SMILES string of the molecule is CCOC(=O)C(CC)c1ccc([N+](=O)[O-])cc1. The maximum Gasteiger partial charge on any atom is 0.313 e. The molecular weight excluding hydrogens is 222 g/mol. The summed E-state index contributed by atoms with van der Waals surface area (Å²) in [6.07, 6.45) is 0.608. The molecule has 0 aliphatic rings. The second-order valence-electron chi connectivity index (χ2n) is 3.56. The highest BCUT2D eigenvalue weighted by atomic mass is 16.6. The topological polar surface area (TPSA) is 69.4 Å². The summed E-state index contributed by atoms with van der Waals surface area (Å²) >= 11 is 0. The number of nitrogens with zero attached hydrogens (tertiary/aromatic N) is 1. The average molecular weight is 237 g/mol. The van der Waals surface area contributed by atoms with Crippen molar-refractivity contribution in [2.75, 3.05) is 6.61 Å². The van der Waals surface area contributed by atoms with E-state index in [4.69, 9.17) is 4.74 Å². The Kier molecular flexibility index (Phi) is 4.63. The van der Waals surface area contributed by atoms with Crippen molar-refractivity contribution in [3.63, 3.8) is 0 Å². The van der Waals surface area contributed by atoms with Gasteiger partial charge in [-0.25, -0.2) is 0 Å². The number of hydrogen-bond donors (Lipinski definition) is 0. The van der Waals surface area contributed by atoms with Crippen LogP contribution >= 0.6 is 0 Å². The van der Waals surface area contributed by atoms with Crippen LogP contribution in [0.5, 0.6) is 0 Å². The highest BCUT2D eigenvalue weighted by Gasteiger charge is 2.20. The third-order valence-electron chi connectivity index (χ3n) is 2.49. The molecule has 0 N–H and O–H groups in total. The number of carbonyl (C=O) groups excluding carboxylic acids is 1. The van der Waals surface area contributed by atoms with Gasteiger partial charge in [0.25, 0.3) is 5.69 Å². The van der Waals surface area contributed by atoms with Crippen LogP contribution in [0.2, 0.25) is 0 Å². The molecule has 5 nitrogen and oxygen atoms in total. The second kappa shape index (κ2) is 5.98. The number of carbonyl (C=O) groups is 1. The fraction of sp³-hybridized carbons (Fsp3) is 0.417. The Labute approximate surface area is 99.5 Å². The Morgan fingerprint density at radius 3 is 2.35 bits per heavy atom. The second-order valence-corrected chi connectivity index (χ2v) is 3.56. The van der Waals surface area contributed by atoms with Crippen LogP contribution < -0.4 is 0 Å². The van der Waals surface area contributed by atoms with Crippen molar-refractivity contribution in [2.24, 2.45) is 0 Å². The molecule has 0 saturated carbocycles. The number of rotatable bonds is 5. The molecule has 0 spiro atoms. The van der Waals surface area contributed by atoms with E-state index in [9.17, 15) is 14.9 Å². The van der Waals surface area contributed by atoms with Gasteiger partial charge in [-0.3, -0.25) is 14.9 Å². The number of benzene rings is 1. The minimum atomic E-state index is -0.463. The largest absolute Gasteiger partial charge is 0.466 e. The van der Waals surface area contributed by atoms with Gasteiger partial charge in [-0.1, -0.05) is 19.1 Å². The van der Waals surface area contributed by atoms with Gasteiger partial charge in [-0.2, -0.15) is 0 Å². The Morgan fingerprint density at radius 2 is 1.94 bits per heavy atom. The minimum absolute atomic E-state index is 0.0208. The molecule has 0 aliphatic carbocycles. The standard InChI is InChI=1S/C12H15NO4/c1-3-11(12(14)17-4-2)9-5-7-10(8-6-9)13(15)16/h5-8,11H,3-4H2,1-2H3. The molecule has 92 valence electrons. The zero-order chi connectivity index (χ0) is 12.8. The quantitative estimate of drug-likeness (QED) is 0.448. The average Bonchev–Trinajstić information content (AvgIpc) is 2.31. The van der Waals surface area contributed by atoms with Gasteiger partial charge >= 0.3 is 5.97 Å². The smallest absolute Gasteiger partial charge is 0.313 e. The van der Waals surface area contributed by atoms with Crippen molar-refractivity contribution < 1.29 is 14.5 Å². The van der Waals surface area contributed by atoms with Gasteiger partial charge in [0.15, 0.2) is 0 Å². The zero-order valence-electron chi connectivity index (χ0n) is 9.88. The van der Waals surface area contributed by atoms with Crippen LogP contribution in [0.1, 0.15) is 31.7 Å². The molecule has 0 aromatic heterocycles. The Morgan fingerprint density at radius 1 is 1.35 bits per heavy atom. The van der Waals surface area contributed by atoms with Crippen LogP contribution in [-0.2, 0) is 9.53 Å². The maximum absolute atomic E-state index is 11.6. The third-order valence-corrected chi connectivity index (χ3v) is 2.49. The molecule has 17 heavy (non-hydrogen) atoms. The van der Waals surface area contributed by atoms with E-state index in [1.54, 1.807) is 19.1 Å². The Balaban J connectivity index is 2.89. The first kappa shape index (κ1) is 13.2. The molecule has 5 heteroatoms. The van der Waals surface area contributed by atoms with Gasteiger partial charge in [0.05, 0.1) is 17.4 Å². The predicted octanol–water partition coefficient (Wildman–Crippen LogP) is 2.65. The molecular formula is C12H15NO4. The molecule has 0 amide bonds. The normalized spacial score (nSPS) is 11.9. The fourth-order valence-electron chi connectivity index (χ4n) is 1.61. The van der Waals surface area contributed by atoms with Crippen LogP contribution in [0.3, 0.4) is 0 Å². The van der Waals surface area contributed by atoms with E-state index in [2.05, 4.69) is 0 Å². The summed E-state index contributed by atoms with van der Waals surface area (Å²) < 4.78 is 4.95. The highest BCUT2D eigenvalue weighted by molar-refractivity contribution is 5.78. The first-order valence-electron chi connectivity index (χ1n) is 5.51. The lowest BCUT2D eigenvalue weighted by atomic mass is 9.96. The van der Waals surface area contributed by atoms with Crippen LogP contribution in [0.4, 0.5) is 5.69 Å². The Bertz CT molecular complexity index is 399. The molecule has 0 fully saturated rings. The summed E-state index contributed by atoms with van der Waals surface area (Å²) in [7, 11) is 0. The van der Waals surface area contributed by atoms with Crippen molar-refractivity contribution in [3.05, 3.63) is 39.9 Å². The number of non-ortho nitro benzene ring substituents is 1. The number of ether oxygens (including phenoxy) is 1. The molecule has 1 rings (SSSR count). The fourth-order valence-corrected chi connectivity index (χ4v) is 1.61. The first-order chi connectivity index (χ1) is 8.10. The lowest BCUT2D eigenvalue weighted by Crippen LogP contribution is -2.15. The van der Waals surface area contributed by atoms with Gasteiger partial charge < -0.3 is 4.74 Å². The summed E-state index contributed by atoms with van der Waals surface area (Å²) in [4.78, 5) is 21.7. The monoisotopic (exact) mass is 237 g/mol. The summed E-state index contributed by atoms with van der Waals surface area (Å²) in [5.41, 5.74) is 0.768. The molecule has 1 aromatic rings. The molecule has 1 aromatic carbocycles. The molecule has 0 radical (unpaired) electrons. The lowest BCUT2D eigenvalue weighted by Gasteiger charge is -2.13. The molecule has 1 atom stereocenters. The number of hydrogen-bond acceptors (Lipinski definition) is 4.